The van der Waals surface area contributed by atoms with Gasteiger partial charge in [-0.05, 0) is 74.0 Å². The van der Waals surface area contributed by atoms with E-state index in [1.54, 1.807) is 25.1 Å². The first-order chi connectivity index (χ1) is 19.6. The second-order valence-corrected chi connectivity index (χ2v) is 9.03. The van der Waals surface area contributed by atoms with Gasteiger partial charge in [0.05, 0.1) is 23.2 Å². The molecule has 0 fully saturated rings. The zero-order chi connectivity index (χ0) is 27.9. The van der Waals surface area contributed by atoms with Crippen molar-refractivity contribution in [2.45, 2.75) is 20.4 Å². The maximum Gasteiger partial charge on any atom is 0.340 e. The molecular weight excluding hydrogens is 498 g/mol. The number of benzene rings is 4. The van der Waals surface area contributed by atoms with Crippen molar-refractivity contribution in [1.29, 1.82) is 0 Å². The number of carbonyl (C=O) groups excluding carboxylic acids is 1. The van der Waals surface area contributed by atoms with Crippen molar-refractivity contribution in [3.8, 4) is 0 Å². The molecule has 0 spiro atoms. The molecule has 5 aromatic rings. The van der Waals surface area contributed by atoms with E-state index in [2.05, 4.69) is 65.0 Å². The number of anilines is 3. The SMILES string of the molecule is C=c1/c(=C\c2ccc(N(c3ccccc3)c3ccccc3)cc2)oc(=Nc2ccccc2C(=O)OCC)n1CC. The van der Waals surface area contributed by atoms with Crippen LogP contribution in [-0.4, -0.2) is 17.1 Å². The summed E-state index contributed by atoms with van der Waals surface area (Å²) < 4.78 is 13.3. The molecule has 0 bridgehead atoms. The van der Waals surface area contributed by atoms with E-state index in [-0.39, 0.29) is 6.61 Å². The third kappa shape index (κ3) is 5.66. The van der Waals surface area contributed by atoms with Gasteiger partial charge < -0.3 is 14.1 Å². The summed E-state index contributed by atoms with van der Waals surface area (Å²) in [5.74, 6) is -0.418. The van der Waals surface area contributed by atoms with Crippen molar-refractivity contribution < 1.29 is 13.9 Å². The lowest BCUT2D eigenvalue weighted by atomic mass is 10.1. The van der Waals surface area contributed by atoms with Crippen molar-refractivity contribution >= 4 is 41.4 Å². The normalized spacial score (nSPS) is 11.9. The van der Waals surface area contributed by atoms with E-state index in [1.165, 1.54) is 0 Å². The van der Waals surface area contributed by atoms with Gasteiger partial charge in [-0.25, -0.2) is 4.79 Å². The maximum absolute atomic E-state index is 12.4. The Kier molecular flexibility index (Phi) is 8.07. The van der Waals surface area contributed by atoms with Crippen LogP contribution in [0.1, 0.15) is 29.8 Å². The molecule has 6 nitrogen and oxygen atoms in total. The van der Waals surface area contributed by atoms with Gasteiger partial charge in [-0.2, -0.15) is 4.99 Å². The smallest absolute Gasteiger partial charge is 0.340 e. The minimum absolute atomic E-state index is 0.290. The zero-order valence-electron chi connectivity index (χ0n) is 22.7. The Hall–Kier alpha value is -5.10. The average Bonchev–Trinajstić information content (AvgIpc) is 3.28. The molecule has 0 N–H and O–H groups in total. The van der Waals surface area contributed by atoms with Gasteiger partial charge in [-0.15, -0.1) is 0 Å². The van der Waals surface area contributed by atoms with E-state index < -0.39 is 5.97 Å². The lowest BCUT2D eigenvalue weighted by Gasteiger charge is -2.25. The van der Waals surface area contributed by atoms with Gasteiger partial charge in [-0.3, -0.25) is 4.57 Å². The predicted octanol–water partition coefficient (Wildman–Crippen LogP) is 6.22. The number of rotatable bonds is 8. The third-order valence-electron chi connectivity index (χ3n) is 6.45. The predicted molar refractivity (Wildman–Crippen MR) is 159 cm³/mol. The van der Waals surface area contributed by atoms with Crippen LogP contribution in [0.4, 0.5) is 22.7 Å². The minimum Gasteiger partial charge on any atom is -0.462 e. The van der Waals surface area contributed by atoms with Crippen LogP contribution >= 0.6 is 0 Å². The number of hydrogen-bond acceptors (Lipinski definition) is 5. The molecule has 6 heteroatoms. The Labute approximate surface area is 233 Å². The standard InChI is InChI=1S/C34H31N3O3/c1-4-36-25(3)32(40-34(36)35-31-19-13-12-18-30(31)33(38)39-5-2)24-26-20-22-29(23-21-26)37(27-14-8-6-9-15-27)28-16-10-7-11-17-28/h6-24H,3-5H2,1-2H3/b32-24+,35-34?. The lowest BCUT2D eigenvalue weighted by Crippen LogP contribution is -2.30. The summed E-state index contributed by atoms with van der Waals surface area (Å²) in [4.78, 5) is 19.3. The van der Waals surface area contributed by atoms with Crippen LogP contribution in [0.25, 0.3) is 12.7 Å². The molecular formula is C34H31N3O3. The molecule has 0 atom stereocenters. The van der Waals surface area contributed by atoms with E-state index in [4.69, 9.17) is 9.15 Å². The number of oxazole rings is 1. The van der Waals surface area contributed by atoms with Crippen LogP contribution in [0.3, 0.4) is 0 Å². The summed E-state index contributed by atoms with van der Waals surface area (Å²) in [5, 5.41) is 0.703. The molecule has 40 heavy (non-hydrogen) atoms. The van der Waals surface area contributed by atoms with Gasteiger partial charge in [0.15, 0.2) is 5.42 Å². The summed E-state index contributed by atoms with van der Waals surface area (Å²) >= 11 is 0. The fourth-order valence-electron chi connectivity index (χ4n) is 4.51. The number of ether oxygens (including phenoxy) is 1. The first-order valence-electron chi connectivity index (χ1n) is 13.3. The molecule has 0 saturated carbocycles. The molecule has 4 aromatic carbocycles. The van der Waals surface area contributed by atoms with Crippen LogP contribution in [-0.2, 0) is 11.3 Å². The first-order valence-corrected chi connectivity index (χ1v) is 13.3. The van der Waals surface area contributed by atoms with Crippen LogP contribution in [0, 0.1) is 0 Å². The van der Waals surface area contributed by atoms with Gasteiger partial charge in [0, 0.05) is 23.6 Å². The number of aromatic nitrogens is 1. The second kappa shape index (κ2) is 12.2. The fraction of sp³-hybridized carbons (Fsp3) is 0.118. The molecule has 0 aliphatic carbocycles. The van der Waals surface area contributed by atoms with E-state index in [0.29, 0.717) is 34.2 Å². The number of hydrogen-bond donors (Lipinski definition) is 0. The van der Waals surface area contributed by atoms with Gasteiger partial charge in [0.2, 0.25) is 0 Å². The Morgan fingerprint density at radius 3 is 2.02 bits per heavy atom. The average molecular weight is 530 g/mol. The number of nitrogens with zero attached hydrogens (tertiary/aromatic N) is 3. The lowest BCUT2D eigenvalue weighted by molar-refractivity contribution is 0.0527. The highest BCUT2D eigenvalue weighted by Crippen LogP contribution is 2.34. The molecule has 5 rings (SSSR count). The van der Waals surface area contributed by atoms with E-state index in [9.17, 15) is 4.79 Å². The molecule has 0 unspecified atom stereocenters. The first kappa shape index (κ1) is 26.5. The molecule has 0 amide bonds. The largest absolute Gasteiger partial charge is 0.462 e. The maximum atomic E-state index is 12.4. The third-order valence-corrected chi connectivity index (χ3v) is 6.45. The van der Waals surface area contributed by atoms with Crippen LogP contribution in [0.5, 0.6) is 0 Å². The summed E-state index contributed by atoms with van der Waals surface area (Å²) in [7, 11) is 0. The number of para-hydroxylation sites is 3. The Bertz CT molecular complexity index is 1730. The van der Waals surface area contributed by atoms with Crippen LogP contribution < -0.4 is 21.3 Å². The van der Waals surface area contributed by atoms with Gasteiger partial charge in [0.1, 0.15) is 0 Å². The summed E-state index contributed by atoms with van der Waals surface area (Å²) in [6.45, 7) is 8.92. The summed E-state index contributed by atoms with van der Waals surface area (Å²) in [6, 6.07) is 35.9. The van der Waals surface area contributed by atoms with Crippen molar-refractivity contribution in [1.82, 2.24) is 4.57 Å². The highest BCUT2D eigenvalue weighted by molar-refractivity contribution is 5.94. The highest BCUT2D eigenvalue weighted by atomic mass is 16.5. The molecule has 0 radical (unpaired) electrons. The second-order valence-electron chi connectivity index (χ2n) is 9.03. The highest BCUT2D eigenvalue weighted by Gasteiger charge is 2.13. The van der Waals surface area contributed by atoms with Crippen molar-refractivity contribution in [2.75, 3.05) is 11.5 Å². The molecule has 0 saturated heterocycles. The van der Waals surface area contributed by atoms with E-state index >= 15 is 0 Å². The molecule has 1 aromatic heterocycles. The molecule has 0 aliphatic rings. The number of carbonyl (C=O) groups is 1. The van der Waals surface area contributed by atoms with E-state index in [0.717, 1.165) is 22.6 Å². The summed E-state index contributed by atoms with van der Waals surface area (Å²) in [5.41, 5.74) is 6.00. The summed E-state index contributed by atoms with van der Waals surface area (Å²) in [6.07, 6.45) is 1.95. The van der Waals surface area contributed by atoms with Gasteiger partial charge >= 0.3 is 11.7 Å². The number of esters is 1. The Morgan fingerprint density at radius 2 is 1.43 bits per heavy atom. The monoisotopic (exact) mass is 529 g/mol. The van der Waals surface area contributed by atoms with Crippen molar-refractivity contribution in [2.24, 2.45) is 4.99 Å². The van der Waals surface area contributed by atoms with Gasteiger partial charge in [-0.1, -0.05) is 67.2 Å². The molecule has 1 heterocycles. The quantitative estimate of drug-likeness (QED) is 0.224. The van der Waals surface area contributed by atoms with Gasteiger partial charge in [0.25, 0.3) is 0 Å². The minimum atomic E-state index is -0.418. The van der Waals surface area contributed by atoms with Crippen molar-refractivity contribution in [3.63, 3.8) is 0 Å². The zero-order valence-corrected chi connectivity index (χ0v) is 22.7. The Balaban J connectivity index is 1.53. The fourth-order valence-corrected chi connectivity index (χ4v) is 4.51. The van der Waals surface area contributed by atoms with Crippen LogP contribution in [0.2, 0.25) is 0 Å². The Morgan fingerprint density at radius 1 is 0.850 bits per heavy atom. The molecule has 0 aliphatic heterocycles. The van der Waals surface area contributed by atoms with E-state index in [1.807, 2.05) is 60.0 Å². The van der Waals surface area contributed by atoms with Crippen molar-refractivity contribution in [3.05, 3.63) is 137 Å². The van der Waals surface area contributed by atoms with Crippen LogP contribution in [0.15, 0.2) is 119 Å². The topological polar surface area (TPSA) is 60.0 Å². The molecule has 200 valence electrons.